The molecule has 0 saturated carbocycles. The van der Waals surface area contributed by atoms with Crippen molar-refractivity contribution in [2.45, 2.75) is 33.2 Å². The number of hydrogen-bond donors (Lipinski definition) is 0. The largest absolute Gasteiger partial charge is 0.673 e. The minimum Gasteiger partial charge on any atom is -0.418 e. The van der Waals surface area contributed by atoms with E-state index in [0.29, 0.717) is 0 Å². The van der Waals surface area contributed by atoms with Crippen molar-refractivity contribution < 1.29 is 26.5 Å². The summed E-state index contributed by atoms with van der Waals surface area (Å²) in [6.45, 7) is 8.27. The van der Waals surface area contributed by atoms with Gasteiger partial charge in [-0.05, 0) is 4.74 Å². The average Bonchev–Trinajstić information content (AvgIpc) is 2.29. The molecule has 0 N–H and O–H groups in total. The molecule has 2 nitrogen and oxygen atoms in total. The van der Waals surface area contributed by atoms with Gasteiger partial charge in [0.05, 0.1) is 6.07 Å². The Kier molecular flexibility index (Phi) is 4.36. The highest BCUT2D eigenvalue weighted by Crippen LogP contribution is 2.06. The SMILES string of the molecule is Cc1cc[n+](C(C)(C)C)o1.F[B-](F)(F)F. The predicted molar refractivity (Wildman–Crippen MR) is 48.8 cm³/mol. The molecule has 1 aromatic rings. The molecule has 0 radical (unpaired) electrons. The lowest BCUT2D eigenvalue weighted by molar-refractivity contribution is -0.907. The standard InChI is InChI=1S/C8H14NO.BF4/c1-7-5-6-9(10-7)8(2,3)4;2-1(3,4)5/h5-6H,1-4H3;/q+1;-1. The second kappa shape index (κ2) is 4.68. The first kappa shape index (κ1) is 14.0. The molecule has 1 rings (SSSR count). The molecule has 1 aromatic heterocycles. The normalized spacial score (nSPS) is 12.0. The van der Waals surface area contributed by atoms with Gasteiger partial charge in [0.25, 0.3) is 0 Å². The topological polar surface area (TPSA) is 17.0 Å². The van der Waals surface area contributed by atoms with Gasteiger partial charge in [-0.3, -0.25) is 0 Å². The molecule has 0 bridgehead atoms. The van der Waals surface area contributed by atoms with Crippen LogP contribution < -0.4 is 4.74 Å². The van der Waals surface area contributed by atoms with Crippen molar-refractivity contribution >= 4 is 7.25 Å². The van der Waals surface area contributed by atoms with Crippen molar-refractivity contribution in [3.05, 3.63) is 18.0 Å². The molecule has 0 saturated heterocycles. The molecule has 0 atom stereocenters. The molecule has 0 aliphatic carbocycles. The molecular weight excluding hydrogens is 213 g/mol. The molecule has 15 heavy (non-hydrogen) atoms. The summed E-state index contributed by atoms with van der Waals surface area (Å²) in [5.74, 6) is 0.954. The lowest BCUT2D eigenvalue weighted by atomic mass is 10.1. The van der Waals surface area contributed by atoms with Gasteiger partial charge in [-0.2, -0.15) is 0 Å². The van der Waals surface area contributed by atoms with E-state index in [1.165, 1.54) is 0 Å². The van der Waals surface area contributed by atoms with Gasteiger partial charge in [0.15, 0.2) is 5.76 Å². The Hall–Kier alpha value is -1.01. The summed E-state index contributed by atoms with van der Waals surface area (Å²) in [4.78, 5) is 0. The second-order valence-corrected chi connectivity index (χ2v) is 4.01. The molecule has 0 aliphatic heterocycles. The number of aryl methyl sites for hydroxylation is 1. The molecule has 0 unspecified atom stereocenters. The molecule has 1 heterocycles. The van der Waals surface area contributed by atoms with Crippen LogP contribution in [0.2, 0.25) is 0 Å². The summed E-state index contributed by atoms with van der Waals surface area (Å²) < 4.78 is 46.2. The number of rotatable bonds is 0. The molecule has 0 aromatic carbocycles. The van der Waals surface area contributed by atoms with Crippen LogP contribution >= 0.6 is 0 Å². The van der Waals surface area contributed by atoms with Crippen LogP contribution in [0.5, 0.6) is 0 Å². The maximum atomic E-state index is 9.75. The lowest BCUT2D eigenvalue weighted by Gasteiger charge is -2.05. The minimum atomic E-state index is -6.00. The van der Waals surface area contributed by atoms with Gasteiger partial charge in [-0.25, -0.2) is 4.52 Å². The number of aromatic nitrogens is 1. The van der Waals surface area contributed by atoms with E-state index < -0.39 is 7.25 Å². The zero-order chi connectivity index (χ0) is 12.3. The van der Waals surface area contributed by atoms with Crippen molar-refractivity contribution in [3.63, 3.8) is 0 Å². The highest BCUT2D eigenvalue weighted by Gasteiger charge is 2.25. The molecule has 0 aliphatic rings. The van der Waals surface area contributed by atoms with Crippen LogP contribution in [0.3, 0.4) is 0 Å². The van der Waals surface area contributed by atoms with Crippen LogP contribution in [-0.2, 0) is 5.54 Å². The maximum Gasteiger partial charge on any atom is 0.673 e. The summed E-state index contributed by atoms with van der Waals surface area (Å²) in [5, 5.41) is 0. The smallest absolute Gasteiger partial charge is 0.418 e. The lowest BCUT2D eigenvalue weighted by Crippen LogP contribution is -2.48. The molecule has 0 fully saturated rings. The summed E-state index contributed by atoms with van der Waals surface area (Å²) in [6, 6.07) is 1.96. The Morgan fingerprint density at radius 3 is 1.73 bits per heavy atom. The van der Waals surface area contributed by atoms with Crippen molar-refractivity contribution in [2.24, 2.45) is 0 Å². The van der Waals surface area contributed by atoms with Crippen LogP contribution in [0, 0.1) is 6.92 Å². The quantitative estimate of drug-likeness (QED) is 0.378. The van der Waals surface area contributed by atoms with Crippen LogP contribution in [0.15, 0.2) is 16.8 Å². The number of nitrogens with zero attached hydrogens (tertiary/aromatic N) is 1. The van der Waals surface area contributed by atoms with Gasteiger partial charge in [-0.15, -0.1) is 0 Å². The molecule has 0 spiro atoms. The Morgan fingerprint density at radius 1 is 1.20 bits per heavy atom. The van der Waals surface area contributed by atoms with E-state index in [2.05, 4.69) is 20.8 Å². The van der Waals surface area contributed by atoms with Gasteiger partial charge >= 0.3 is 7.25 Å². The van der Waals surface area contributed by atoms with E-state index >= 15 is 0 Å². The van der Waals surface area contributed by atoms with E-state index in [4.69, 9.17) is 4.52 Å². The first-order valence-corrected chi connectivity index (χ1v) is 4.36. The molecule has 0 amide bonds. The van der Waals surface area contributed by atoms with E-state index in [1.807, 2.05) is 23.9 Å². The zero-order valence-electron chi connectivity index (χ0n) is 9.10. The molecular formula is C8H14BF4NO. The Labute approximate surface area is 86.0 Å². The summed E-state index contributed by atoms with van der Waals surface area (Å²) in [5.41, 5.74) is 0.0637. The van der Waals surface area contributed by atoms with E-state index in [0.717, 1.165) is 5.76 Å². The van der Waals surface area contributed by atoms with Crippen molar-refractivity contribution in [1.29, 1.82) is 0 Å². The highest BCUT2D eigenvalue weighted by molar-refractivity contribution is 6.50. The summed E-state index contributed by atoms with van der Waals surface area (Å²) in [7, 11) is -6.00. The maximum absolute atomic E-state index is 9.75. The van der Waals surface area contributed by atoms with Gasteiger partial charge in [0.1, 0.15) is 0 Å². The van der Waals surface area contributed by atoms with Crippen LogP contribution in [0.1, 0.15) is 26.5 Å². The average molecular weight is 227 g/mol. The monoisotopic (exact) mass is 227 g/mol. The minimum absolute atomic E-state index is 0.0637. The summed E-state index contributed by atoms with van der Waals surface area (Å²) >= 11 is 0. The Morgan fingerprint density at radius 2 is 1.60 bits per heavy atom. The first-order valence-electron chi connectivity index (χ1n) is 4.36. The third-order valence-electron chi connectivity index (χ3n) is 1.35. The second-order valence-electron chi connectivity index (χ2n) is 4.01. The van der Waals surface area contributed by atoms with Crippen molar-refractivity contribution in [2.75, 3.05) is 0 Å². The fourth-order valence-electron chi connectivity index (χ4n) is 0.749. The Balaban J connectivity index is 0.000000336. The Bertz CT molecular complexity index is 296. The van der Waals surface area contributed by atoms with Crippen LogP contribution in [-0.4, -0.2) is 7.25 Å². The van der Waals surface area contributed by atoms with E-state index in [9.17, 15) is 17.3 Å². The van der Waals surface area contributed by atoms with Crippen LogP contribution in [0.25, 0.3) is 0 Å². The third kappa shape index (κ3) is 8.02. The van der Waals surface area contributed by atoms with E-state index in [-0.39, 0.29) is 5.54 Å². The fraction of sp³-hybridized carbons (Fsp3) is 0.625. The number of hydrogen-bond acceptors (Lipinski definition) is 1. The number of halogens is 4. The van der Waals surface area contributed by atoms with Gasteiger partial charge in [-0.1, -0.05) is 0 Å². The fourth-order valence-corrected chi connectivity index (χ4v) is 0.749. The predicted octanol–water partition coefficient (Wildman–Crippen LogP) is 2.93. The van der Waals surface area contributed by atoms with Crippen molar-refractivity contribution in [1.82, 2.24) is 0 Å². The molecule has 7 heteroatoms. The van der Waals surface area contributed by atoms with Crippen molar-refractivity contribution in [3.8, 4) is 0 Å². The van der Waals surface area contributed by atoms with Crippen LogP contribution in [0.4, 0.5) is 17.3 Å². The first-order chi connectivity index (χ1) is 6.50. The summed E-state index contributed by atoms with van der Waals surface area (Å²) in [6.07, 6.45) is 1.95. The molecule has 88 valence electrons. The van der Waals surface area contributed by atoms with Gasteiger partial charge in [0.2, 0.25) is 11.7 Å². The van der Waals surface area contributed by atoms with Gasteiger partial charge in [0, 0.05) is 27.7 Å². The third-order valence-corrected chi connectivity index (χ3v) is 1.35. The highest BCUT2D eigenvalue weighted by atomic mass is 19.5. The van der Waals surface area contributed by atoms with E-state index in [1.54, 1.807) is 0 Å². The van der Waals surface area contributed by atoms with Gasteiger partial charge < -0.3 is 17.3 Å². The zero-order valence-corrected chi connectivity index (χ0v) is 9.10.